The van der Waals surface area contributed by atoms with Gasteiger partial charge in [-0.25, -0.2) is 4.79 Å². The van der Waals surface area contributed by atoms with Gasteiger partial charge in [-0.05, 0) is 38.5 Å². The molecular weight excluding hydrogens is 228 g/mol. The Kier molecular flexibility index (Phi) is 5.66. The Labute approximate surface area is 110 Å². The summed E-state index contributed by atoms with van der Waals surface area (Å²) in [5, 5.41) is 15.8. The van der Waals surface area contributed by atoms with Crippen molar-refractivity contribution < 1.29 is 9.90 Å². The fourth-order valence-corrected chi connectivity index (χ4v) is 1.93. The molecule has 0 radical (unpaired) electrons. The maximum Gasteiger partial charge on any atom is 0.315 e. The molecule has 0 aromatic rings. The average Bonchev–Trinajstić information content (AvgIpc) is 2.77. The summed E-state index contributed by atoms with van der Waals surface area (Å²) < 4.78 is 0. The zero-order valence-electron chi connectivity index (χ0n) is 11.7. The number of amides is 2. The van der Waals surface area contributed by atoms with Crippen LogP contribution in [0.25, 0.3) is 0 Å². The maximum atomic E-state index is 11.6. The zero-order valence-corrected chi connectivity index (χ0v) is 11.7. The Morgan fingerprint density at radius 2 is 2.06 bits per heavy atom. The molecule has 0 heterocycles. The van der Waals surface area contributed by atoms with Crippen LogP contribution < -0.4 is 10.6 Å². The molecule has 0 spiro atoms. The first-order chi connectivity index (χ1) is 8.39. The average molecular weight is 254 g/mol. The highest BCUT2D eigenvalue weighted by atomic mass is 16.3. The molecule has 1 aliphatic rings. The van der Waals surface area contributed by atoms with Crippen molar-refractivity contribution in [3.63, 3.8) is 0 Å². The summed E-state index contributed by atoms with van der Waals surface area (Å²) >= 11 is 0. The zero-order chi connectivity index (χ0) is 13.6. The van der Waals surface area contributed by atoms with Crippen molar-refractivity contribution in [2.75, 3.05) is 6.54 Å². The molecule has 0 aliphatic heterocycles. The third-order valence-corrected chi connectivity index (χ3v) is 3.23. The van der Waals surface area contributed by atoms with Gasteiger partial charge < -0.3 is 15.7 Å². The second kappa shape index (κ2) is 6.78. The van der Waals surface area contributed by atoms with E-state index >= 15 is 0 Å². The fraction of sp³-hybridized carbons (Fsp3) is 0.786. The summed E-state index contributed by atoms with van der Waals surface area (Å²) in [4.78, 5) is 11.6. The van der Waals surface area contributed by atoms with E-state index in [1.807, 2.05) is 0 Å². The second-order valence-electron chi connectivity index (χ2n) is 5.90. The molecule has 4 heteroatoms. The topological polar surface area (TPSA) is 61.4 Å². The summed E-state index contributed by atoms with van der Waals surface area (Å²) in [7, 11) is 0. The van der Waals surface area contributed by atoms with Crippen molar-refractivity contribution in [1.82, 2.24) is 10.6 Å². The Morgan fingerprint density at radius 3 is 2.61 bits per heavy atom. The predicted octanol–water partition coefficient (Wildman–Crippen LogP) is 2.19. The molecule has 0 aromatic carbocycles. The van der Waals surface area contributed by atoms with Crippen molar-refractivity contribution in [2.24, 2.45) is 5.92 Å². The van der Waals surface area contributed by atoms with Crippen molar-refractivity contribution in [3.8, 4) is 0 Å². The summed E-state index contributed by atoms with van der Waals surface area (Å²) in [6.07, 6.45) is 7.61. The van der Waals surface area contributed by atoms with Crippen LogP contribution >= 0.6 is 0 Å². The minimum absolute atomic E-state index is 0.187. The lowest BCUT2D eigenvalue weighted by molar-refractivity contribution is 0.0476. The summed E-state index contributed by atoms with van der Waals surface area (Å²) in [5.74, 6) is 0.565. The first-order valence-corrected chi connectivity index (χ1v) is 6.81. The standard InChI is InChI=1S/C14H26N2O2/c1-11(2)8-9-14(3,18)10-15-13(17)16-12-6-4-5-7-12/h4-5,11-12,18H,6-10H2,1-3H3,(H2,15,16,17). The molecule has 1 aliphatic carbocycles. The van der Waals surface area contributed by atoms with E-state index in [1.54, 1.807) is 6.92 Å². The largest absolute Gasteiger partial charge is 0.388 e. The van der Waals surface area contributed by atoms with E-state index in [-0.39, 0.29) is 12.1 Å². The van der Waals surface area contributed by atoms with Crippen LogP contribution in [0.5, 0.6) is 0 Å². The lowest BCUT2D eigenvalue weighted by atomic mass is 9.95. The van der Waals surface area contributed by atoms with Crippen molar-refractivity contribution in [3.05, 3.63) is 12.2 Å². The van der Waals surface area contributed by atoms with Gasteiger partial charge in [0.1, 0.15) is 0 Å². The highest BCUT2D eigenvalue weighted by Gasteiger charge is 2.22. The Morgan fingerprint density at radius 1 is 1.44 bits per heavy atom. The minimum Gasteiger partial charge on any atom is -0.388 e. The van der Waals surface area contributed by atoms with E-state index in [0.717, 1.165) is 19.3 Å². The quantitative estimate of drug-likeness (QED) is 0.636. The Hall–Kier alpha value is -1.03. The van der Waals surface area contributed by atoms with E-state index in [9.17, 15) is 9.90 Å². The van der Waals surface area contributed by atoms with Crippen LogP contribution in [0.15, 0.2) is 12.2 Å². The van der Waals surface area contributed by atoms with Crippen LogP contribution in [0.1, 0.15) is 46.5 Å². The highest BCUT2D eigenvalue weighted by molar-refractivity contribution is 5.74. The van der Waals surface area contributed by atoms with E-state index in [4.69, 9.17) is 0 Å². The highest BCUT2D eigenvalue weighted by Crippen LogP contribution is 2.15. The van der Waals surface area contributed by atoms with E-state index in [1.165, 1.54) is 0 Å². The Bertz CT molecular complexity index is 290. The van der Waals surface area contributed by atoms with Gasteiger partial charge in [0, 0.05) is 12.6 Å². The number of nitrogens with one attached hydrogen (secondary N) is 2. The van der Waals surface area contributed by atoms with E-state index in [0.29, 0.717) is 18.9 Å². The molecule has 3 N–H and O–H groups in total. The van der Waals surface area contributed by atoms with Crippen molar-refractivity contribution in [1.29, 1.82) is 0 Å². The van der Waals surface area contributed by atoms with Gasteiger partial charge >= 0.3 is 6.03 Å². The number of carbonyl (C=O) groups is 1. The summed E-state index contributed by atoms with van der Waals surface area (Å²) in [5.41, 5.74) is -0.824. The van der Waals surface area contributed by atoms with Gasteiger partial charge in [-0.15, -0.1) is 0 Å². The van der Waals surface area contributed by atoms with Gasteiger partial charge in [-0.2, -0.15) is 0 Å². The van der Waals surface area contributed by atoms with Crippen LogP contribution in [0.2, 0.25) is 0 Å². The number of aliphatic hydroxyl groups is 1. The van der Waals surface area contributed by atoms with Gasteiger partial charge in [0.05, 0.1) is 5.60 Å². The first kappa shape index (κ1) is 15.0. The lowest BCUT2D eigenvalue weighted by Crippen LogP contribution is -2.47. The molecule has 1 atom stereocenters. The molecule has 104 valence electrons. The predicted molar refractivity (Wildman–Crippen MR) is 73.4 cm³/mol. The van der Waals surface area contributed by atoms with Gasteiger partial charge in [0.15, 0.2) is 0 Å². The third kappa shape index (κ3) is 6.05. The molecular formula is C14H26N2O2. The first-order valence-electron chi connectivity index (χ1n) is 6.81. The Balaban J connectivity index is 2.19. The van der Waals surface area contributed by atoms with Crippen LogP contribution in [0.3, 0.4) is 0 Å². The summed E-state index contributed by atoms with van der Waals surface area (Å²) in [6, 6.07) is 0.0270. The van der Waals surface area contributed by atoms with Gasteiger partial charge in [-0.3, -0.25) is 0 Å². The lowest BCUT2D eigenvalue weighted by Gasteiger charge is -2.25. The van der Waals surface area contributed by atoms with E-state index < -0.39 is 5.60 Å². The van der Waals surface area contributed by atoms with Crippen molar-refractivity contribution >= 4 is 6.03 Å². The van der Waals surface area contributed by atoms with Crippen LogP contribution in [-0.4, -0.2) is 29.3 Å². The molecule has 1 rings (SSSR count). The number of rotatable bonds is 6. The van der Waals surface area contributed by atoms with Crippen LogP contribution in [0, 0.1) is 5.92 Å². The number of urea groups is 1. The van der Waals surface area contributed by atoms with Gasteiger partial charge in [0.25, 0.3) is 0 Å². The second-order valence-corrected chi connectivity index (χ2v) is 5.90. The maximum absolute atomic E-state index is 11.6. The number of carbonyl (C=O) groups excluding carboxylic acids is 1. The van der Waals surface area contributed by atoms with Crippen molar-refractivity contribution in [2.45, 2.75) is 58.1 Å². The molecule has 0 fully saturated rings. The summed E-state index contributed by atoms with van der Waals surface area (Å²) in [6.45, 7) is 6.32. The van der Waals surface area contributed by atoms with E-state index in [2.05, 4.69) is 36.6 Å². The molecule has 2 amide bonds. The number of hydrogen-bond acceptors (Lipinski definition) is 2. The normalized spacial score (nSPS) is 18.9. The van der Waals surface area contributed by atoms with Gasteiger partial charge in [0.2, 0.25) is 0 Å². The molecule has 0 saturated carbocycles. The molecule has 0 bridgehead atoms. The SMILES string of the molecule is CC(C)CCC(C)(O)CNC(=O)NC1CC=CC1. The fourth-order valence-electron chi connectivity index (χ4n) is 1.93. The minimum atomic E-state index is -0.824. The third-order valence-electron chi connectivity index (χ3n) is 3.23. The smallest absolute Gasteiger partial charge is 0.315 e. The van der Waals surface area contributed by atoms with Crippen LogP contribution in [0.4, 0.5) is 4.79 Å². The molecule has 0 aromatic heterocycles. The monoisotopic (exact) mass is 254 g/mol. The van der Waals surface area contributed by atoms with Crippen LogP contribution in [-0.2, 0) is 0 Å². The molecule has 0 saturated heterocycles. The molecule has 4 nitrogen and oxygen atoms in total. The molecule has 1 unspecified atom stereocenters. The van der Waals surface area contributed by atoms with Gasteiger partial charge in [-0.1, -0.05) is 26.0 Å². The number of hydrogen-bond donors (Lipinski definition) is 3. The molecule has 18 heavy (non-hydrogen) atoms.